The summed E-state index contributed by atoms with van der Waals surface area (Å²) < 4.78 is 26.5. The zero-order valence-electron chi connectivity index (χ0n) is 13.8. The summed E-state index contributed by atoms with van der Waals surface area (Å²) in [5.74, 6) is -0.197. The third-order valence-corrected chi connectivity index (χ3v) is 5.93. The van der Waals surface area contributed by atoms with Crippen LogP contribution in [-0.2, 0) is 15.8 Å². The van der Waals surface area contributed by atoms with Gasteiger partial charge < -0.3 is 0 Å². The molecule has 0 bridgehead atoms. The van der Waals surface area contributed by atoms with Crippen LogP contribution in [0.3, 0.4) is 0 Å². The first-order valence-electron chi connectivity index (χ1n) is 7.46. The lowest BCUT2D eigenvalue weighted by molar-refractivity contribution is -0.384. The van der Waals surface area contributed by atoms with Gasteiger partial charge in [-0.15, -0.1) is 0 Å². The summed E-state index contributed by atoms with van der Waals surface area (Å²) in [6.07, 6.45) is 0. The second-order valence-corrected chi connectivity index (χ2v) is 7.81. The van der Waals surface area contributed by atoms with E-state index in [9.17, 15) is 18.5 Å². The van der Waals surface area contributed by atoms with Crippen LogP contribution in [0, 0.1) is 17.0 Å². The molecule has 2 rings (SSSR count). The van der Waals surface area contributed by atoms with Crippen molar-refractivity contribution in [2.24, 2.45) is 0 Å². The van der Waals surface area contributed by atoms with Crippen molar-refractivity contribution in [2.45, 2.75) is 25.6 Å². The van der Waals surface area contributed by atoms with Crippen LogP contribution in [0.25, 0.3) is 0 Å². The molecule has 0 aliphatic rings. The average Bonchev–Trinajstić information content (AvgIpc) is 2.54. The van der Waals surface area contributed by atoms with Crippen LogP contribution in [-0.4, -0.2) is 24.7 Å². The van der Waals surface area contributed by atoms with Crippen LogP contribution in [0.5, 0.6) is 0 Å². The van der Waals surface area contributed by atoms with Gasteiger partial charge in [-0.3, -0.25) is 10.1 Å². The van der Waals surface area contributed by atoms with Crippen LogP contribution in [0.1, 0.15) is 29.7 Å². The SMILES string of the molecule is Cc1ccc([C@H](C)N(C)S(=O)(=O)Cc2ccc([N+](=O)[O-])cc2)cc1. The lowest BCUT2D eigenvalue weighted by Crippen LogP contribution is -2.30. The van der Waals surface area contributed by atoms with E-state index >= 15 is 0 Å². The van der Waals surface area contributed by atoms with Gasteiger partial charge in [0, 0.05) is 25.2 Å². The van der Waals surface area contributed by atoms with Gasteiger partial charge >= 0.3 is 0 Å². The summed E-state index contributed by atoms with van der Waals surface area (Å²) >= 11 is 0. The van der Waals surface area contributed by atoms with E-state index in [0.717, 1.165) is 11.1 Å². The molecule has 0 aliphatic carbocycles. The number of hydrogen-bond acceptors (Lipinski definition) is 4. The maximum Gasteiger partial charge on any atom is 0.269 e. The lowest BCUT2D eigenvalue weighted by Gasteiger charge is -2.25. The zero-order chi connectivity index (χ0) is 17.9. The Morgan fingerprint density at radius 1 is 1.08 bits per heavy atom. The van der Waals surface area contributed by atoms with Crippen LogP contribution >= 0.6 is 0 Å². The summed E-state index contributed by atoms with van der Waals surface area (Å²) in [4.78, 5) is 10.1. The van der Waals surface area contributed by atoms with E-state index in [1.165, 1.54) is 28.6 Å². The van der Waals surface area contributed by atoms with E-state index in [0.29, 0.717) is 5.56 Å². The molecule has 0 amide bonds. The molecule has 2 aromatic carbocycles. The van der Waals surface area contributed by atoms with Crippen LogP contribution in [0.4, 0.5) is 5.69 Å². The van der Waals surface area contributed by atoms with E-state index in [-0.39, 0.29) is 17.5 Å². The molecule has 0 aromatic heterocycles. The molecule has 0 unspecified atom stereocenters. The maximum absolute atomic E-state index is 12.6. The van der Waals surface area contributed by atoms with Crippen molar-refractivity contribution in [1.29, 1.82) is 0 Å². The first kappa shape index (κ1) is 18.1. The number of sulfonamides is 1. The fourth-order valence-electron chi connectivity index (χ4n) is 2.32. The summed E-state index contributed by atoms with van der Waals surface area (Å²) in [5.41, 5.74) is 2.48. The first-order chi connectivity index (χ1) is 11.2. The third-order valence-electron chi connectivity index (χ3n) is 4.04. The Morgan fingerprint density at radius 2 is 1.62 bits per heavy atom. The van der Waals surface area contributed by atoms with E-state index in [1.54, 1.807) is 7.05 Å². The monoisotopic (exact) mass is 348 g/mol. The minimum atomic E-state index is -3.54. The molecule has 0 N–H and O–H groups in total. The van der Waals surface area contributed by atoms with Gasteiger partial charge in [-0.25, -0.2) is 8.42 Å². The highest BCUT2D eigenvalue weighted by molar-refractivity contribution is 7.88. The molecule has 0 radical (unpaired) electrons. The largest absolute Gasteiger partial charge is 0.269 e. The summed E-state index contributed by atoms with van der Waals surface area (Å²) in [6.45, 7) is 3.81. The number of hydrogen-bond donors (Lipinski definition) is 0. The average molecular weight is 348 g/mol. The quantitative estimate of drug-likeness (QED) is 0.592. The highest BCUT2D eigenvalue weighted by atomic mass is 32.2. The van der Waals surface area contributed by atoms with Crippen molar-refractivity contribution >= 4 is 15.7 Å². The van der Waals surface area contributed by atoms with Crippen LogP contribution in [0.15, 0.2) is 48.5 Å². The van der Waals surface area contributed by atoms with Gasteiger partial charge in [-0.05, 0) is 25.0 Å². The number of nitrogens with zero attached hydrogens (tertiary/aromatic N) is 2. The minimum absolute atomic E-state index is 0.0578. The number of benzene rings is 2. The molecular weight excluding hydrogens is 328 g/mol. The van der Waals surface area contributed by atoms with Gasteiger partial charge in [-0.2, -0.15) is 4.31 Å². The molecule has 7 heteroatoms. The van der Waals surface area contributed by atoms with E-state index < -0.39 is 14.9 Å². The van der Waals surface area contributed by atoms with Crippen LogP contribution in [0.2, 0.25) is 0 Å². The molecule has 1 atom stereocenters. The first-order valence-corrected chi connectivity index (χ1v) is 9.07. The third kappa shape index (κ3) is 4.18. The molecular formula is C17H20N2O4S. The molecule has 24 heavy (non-hydrogen) atoms. The number of aryl methyl sites for hydroxylation is 1. The van der Waals surface area contributed by atoms with E-state index in [1.807, 2.05) is 38.1 Å². The summed E-state index contributed by atoms with van der Waals surface area (Å²) in [6, 6.07) is 13.0. The fourth-order valence-corrected chi connectivity index (χ4v) is 3.74. The fraction of sp³-hybridized carbons (Fsp3) is 0.294. The van der Waals surface area contributed by atoms with Crippen molar-refractivity contribution in [3.63, 3.8) is 0 Å². The van der Waals surface area contributed by atoms with Gasteiger partial charge in [0.2, 0.25) is 10.0 Å². The molecule has 0 heterocycles. The van der Waals surface area contributed by atoms with Crippen molar-refractivity contribution in [1.82, 2.24) is 4.31 Å². The molecule has 128 valence electrons. The number of non-ortho nitro benzene ring substituents is 1. The van der Waals surface area contributed by atoms with Crippen molar-refractivity contribution < 1.29 is 13.3 Å². The molecule has 0 aliphatic heterocycles. The standard InChI is InChI=1S/C17H20N2O4S/c1-13-4-8-16(9-5-13)14(2)18(3)24(22,23)12-15-6-10-17(11-7-15)19(20)21/h4-11,14H,12H2,1-3H3/t14-/m0/s1. The summed E-state index contributed by atoms with van der Waals surface area (Å²) in [7, 11) is -1.99. The molecule has 0 spiro atoms. The van der Waals surface area contributed by atoms with Gasteiger partial charge in [0.1, 0.15) is 0 Å². The Labute approximate surface area is 141 Å². The van der Waals surface area contributed by atoms with Gasteiger partial charge in [0.25, 0.3) is 5.69 Å². The Kier molecular flexibility index (Phi) is 5.36. The number of nitro groups is 1. The van der Waals surface area contributed by atoms with Gasteiger partial charge in [0.05, 0.1) is 10.7 Å². The Bertz CT molecular complexity index is 815. The van der Waals surface area contributed by atoms with Crippen molar-refractivity contribution in [3.05, 3.63) is 75.3 Å². The van der Waals surface area contributed by atoms with E-state index in [2.05, 4.69) is 0 Å². The van der Waals surface area contributed by atoms with Crippen molar-refractivity contribution in [3.8, 4) is 0 Å². The molecule has 0 saturated heterocycles. The second-order valence-electron chi connectivity index (χ2n) is 5.78. The topological polar surface area (TPSA) is 80.5 Å². The molecule has 0 saturated carbocycles. The Balaban J connectivity index is 2.16. The zero-order valence-corrected chi connectivity index (χ0v) is 14.7. The molecule has 6 nitrogen and oxygen atoms in total. The molecule has 2 aromatic rings. The number of rotatable bonds is 6. The molecule has 0 fully saturated rings. The Morgan fingerprint density at radius 3 is 2.12 bits per heavy atom. The Hall–Kier alpha value is -2.25. The van der Waals surface area contributed by atoms with Gasteiger partial charge in [0.15, 0.2) is 0 Å². The summed E-state index contributed by atoms with van der Waals surface area (Å²) in [5, 5.41) is 10.7. The van der Waals surface area contributed by atoms with Gasteiger partial charge in [-0.1, -0.05) is 42.0 Å². The predicted octanol–water partition coefficient (Wildman–Crippen LogP) is 3.43. The normalized spacial score (nSPS) is 13.0. The number of nitro benzene ring substituents is 1. The minimum Gasteiger partial charge on any atom is -0.258 e. The second kappa shape index (κ2) is 7.11. The van der Waals surface area contributed by atoms with Crippen molar-refractivity contribution in [2.75, 3.05) is 7.05 Å². The predicted molar refractivity (Wildman–Crippen MR) is 93.1 cm³/mol. The maximum atomic E-state index is 12.6. The highest BCUT2D eigenvalue weighted by Crippen LogP contribution is 2.24. The van der Waals surface area contributed by atoms with E-state index in [4.69, 9.17) is 0 Å². The smallest absolute Gasteiger partial charge is 0.258 e. The highest BCUT2D eigenvalue weighted by Gasteiger charge is 2.24. The lowest BCUT2D eigenvalue weighted by atomic mass is 10.1. The van der Waals surface area contributed by atoms with Crippen LogP contribution < -0.4 is 0 Å².